The van der Waals surface area contributed by atoms with E-state index in [1.54, 1.807) is 0 Å². The second-order valence-electron chi connectivity index (χ2n) is 6.03. The lowest BCUT2D eigenvalue weighted by Gasteiger charge is -2.37. The molecule has 0 radical (unpaired) electrons. The van der Waals surface area contributed by atoms with Crippen LogP contribution in [0.5, 0.6) is 0 Å². The maximum Gasteiger partial charge on any atom is 0.149 e. The summed E-state index contributed by atoms with van der Waals surface area (Å²) < 4.78 is 0. The highest BCUT2D eigenvalue weighted by Gasteiger charge is 2.27. The molecule has 0 aliphatic carbocycles. The van der Waals surface area contributed by atoms with Crippen LogP contribution < -0.4 is 5.32 Å². The molecular formula is C16H29N5. The molecule has 1 atom stereocenters. The second kappa shape index (κ2) is 7.18. The lowest BCUT2D eigenvalue weighted by Crippen LogP contribution is -2.45. The Morgan fingerprint density at radius 3 is 2.62 bits per heavy atom. The monoisotopic (exact) mass is 291 g/mol. The van der Waals surface area contributed by atoms with Crippen molar-refractivity contribution in [3.8, 4) is 0 Å². The standard InChI is InChI=1S/C16H29N5/c1-6-8-17-15-13(7-2)12(3)18-16(19-15)14-11-20(4)9-10-21(14)5/h14H,6-11H2,1-5H3,(H,17,18,19). The maximum atomic E-state index is 4.86. The number of aryl methyl sites for hydroxylation is 1. The average molecular weight is 291 g/mol. The van der Waals surface area contributed by atoms with Gasteiger partial charge in [0.25, 0.3) is 0 Å². The number of piperazine rings is 1. The first-order valence-electron chi connectivity index (χ1n) is 8.06. The van der Waals surface area contributed by atoms with Crippen LogP contribution in [0.25, 0.3) is 0 Å². The first-order chi connectivity index (χ1) is 10.1. The van der Waals surface area contributed by atoms with E-state index in [4.69, 9.17) is 9.97 Å². The Morgan fingerprint density at radius 1 is 1.19 bits per heavy atom. The first-order valence-corrected chi connectivity index (χ1v) is 8.06. The average Bonchev–Trinajstić information content (AvgIpc) is 2.47. The van der Waals surface area contributed by atoms with Gasteiger partial charge in [-0.05, 0) is 33.9 Å². The molecule has 1 N–H and O–H groups in total. The number of nitrogens with zero attached hydrogens (tertiary/aromatic N) is 4. The molecule has 21 heavy (non-hydrogen) atoms. The van der Waals surface area contributed by atoms with Gasteiger partial charge in [-0.25, -0.2) is 9.97 Å². The molecular weight excluding hydrogens is 262 g/mol. The van der Waals surface area contributed by atoms with Crippen LogP contribution >= 0.6 is 0 Å². The van der Waals surface area contributed by atoms with Gasteiger partial charge in [0, 0.05) is 37.4 Å². The van der Waals surface area contributed by atoms with Crippen molar-refractivity contribution >= 4 is 5.82 Å². The molecule has 0 bridgehead atoms. The number of anilines is 1. The number of likely N-dealkylation sites (N-methyl/N-ethyl adjacent to an activating group) is 2. The Labute approximate surface area is 128 Å². The molecule has 5 heteroatoms. The number of nitrogens with one attached hydrogen (secondary N) is 1. The smallest absolute Gasteiger partial charge is 0.149 e. The predicted octanol–water partition coefficient (Wildman–Crippen LogP) is 2.09. The quantitative estimate of drug-likeness (QED) is 0.900. The zero-order valence-electron chi connectivity index (χ0n) is 14.1. The molecule has 0 spiro atoms. The van der Waals surface area contributed by atoms with Gasteiger partial charge in [-0.15, -0.1) is 0 Å². The van der Waals surface area contributed by atoms with Gasteiger partial charge >= 0.3 is 0 Å². The lowest BCUT2D eigenvalue weighted by molar-refractivity contribution is 0.109. The van der Waals surface area contributed by atoms with E-state index in [0.29, 0.717) is 0 Å². The third kappa shape index (κ3) is 3.71. The van der Waals surface area contributed by atoms with Gasteiger partial charge in [0.2, 0.25) is 0 Å². The molecule has 1 aliphatic rings. The van der Waals surface area contributed by atoms with Crippen LogP contribution in [0.2, 0.25) is 0 Å². The van der Waals surface area contributed by atoms with Crippen LogP contribution in [-0.4, -0.2) is 60.0 Å². The van der Waals surface area contributed by atoms with E-state index in [2.05, 4.69) is 50.0 Å². The van der Waals surface area contributed by atoms with Gasteiger partial charge in [-0.3, -0.25) is 4.90 Å². The van der Waals surface area contributed by atoms with E-state index in [1.165, 1.54) is 5.56 Å². The van der Waals surface area contributed by atoms with Crippen molar-refractivity contribution in [1.82, 2.24) is 19.8 Å². The van der Waals surface area contributed by atoms with Gasteiger partial charge in [0.1, 0.15) is 11.6 Å². The van der Waals surface area contributed by atoms with E-state index in [-0.39, 0.29) is 6.04 Å². The molecule has 2 rings (SSSR count). The van der Waals surface area contributed by atoms with Crippen LogP contribution in [0.15, 0.2) is 0 Å². The van der Waals surface area contributed by atoms with Gasteiger partial charge < -0.3 is 10.2 Å². The predicted molar refractivity (Wildman–Crippen MR) is 87.8 cm³/mol. The molecule has 1 aliphatic heterocycles. The van der Waals surface area contributed by atoms with Crippen molar-refractivity contribution in [2.45, 2.75) is 39.7 Å². The fourth-order valence-electron chi connectivity index (χ4n) is 2.87. The molecule has 5 nitrogen and oxygen atoms in total. The third-order valence-electron chi connectivity index (χ3n) is 4.28. The minimum absolute atomic E-state index is 0.288. The summed E-state index contributed by atoms with van der Waals surface area (Å²) in [4.78, 5) is 14.4. The summed E-state index contributed by atoms with van der Waals surface area (Å²) in [7, 11) is 4.34. The Balaban J connectivity index is 2.32. The lowest BCUT2D eigenvalue weighted by atomic mass is 10.1. The van der Waals surface area contributed by atoms with Gasteiger partial charge in [-0.2, -0.15) is 0 Å². The van der Waals surface area contributed by atoms with Crippen molar-refractivity contribution in [2.24, 2.45) is 0 Å². The molecule has 1 aromatic heterocycles. The van der Waals surface area contributed by atoms with Gasteiger partial charge in [0.05, 0.1) is 6.04 Å². The third-order valence-corrected chi connectivity index (χ3v) is 4.28. The van der Waals surface area contributed by atoms with Crippen molar-refractivity contribution in [2.75, 3.05) is 45.6 Å². The Hall–Kier alpha value is -1.20. The van der Waals surface area contributed by atoms with E-state index >= 15 is 0 Å². The number of hydrogen-bond acceptors (Lipinski definition) is 5. The van der Waals surface area contributed by atoms with E-state index in [9.17, 15) is 0 Å². The fraction of sp³-hybridized carbons (Fsp3) is 0.750. The van der Waals surface area contributed by atoms with Gasteiger partial charge in [-0.1, -0.05) is 13.8 Å². The van der Waals surface area contributed by atoms with Crippen molar-refractivity contribution in [3.63, 3.8) is 0 Å². The number of rotatable bonds is 5. The van der Waals surface area contributed by atoms with Crippen LogP contribution in [-0.2, 0) is 6.42 Å². The van der Waals surface area contributed by atoms with E-state index < -0.39 is 0 Å². The van der Waals surface area contributed by atoms with Gasteiger partial charge in [0.15, 0.2) is 0 Å². The van der Waals surface area contributed by atoms with E-state index in [1.807, 2.05) is 0 Å². The Kier molecular flexibility index (Phi) is 5.53. The summed E-state index contributed by atoms with van der Waals surface area (Å²) in [5.41, 5.74) is 2.36. The highest BCUT2D eigenvalue weighted by atomic mass is 15.3. The van der Waals surface area contributed by atoms with Crippen LogP contribution in [0.4, 0.5) is 5.82 Å². The molecule has 0 aromatic carbocycles. The summed E-state index contributed by atoms with van der Waals surface area (Å²) in [5, 5.41) is 3.48. The fourth-order valence-corrected chi connectivity index (χ4v) is 2.87. The highest BCUT2D eigenvalue weighted by Crippen LogP contribution is 2.25. The largest absolute Gasteiger partial charge is 0.370 e. The molecule has 2 heterocycles. The van der Waals surface area contributed by atoms with Crippen LogP contribution in [0.3, 0.4) is 0 Å². The summed E-state index contributed by atoms with van der Waals surface area (Å²) in [6.45, 7) is 10.6. The van der Waals surface area contributed by atoms with Crippen molar-refractivity contribution in [1.29, 1.82) is 0 Å². The molecule has 0 saturated carbocycles. The normalized spacial score (nSPS) is 20.7. The SMILES string of the molecule is CCCNc1nc(C2CN(C)CCN2C)nc(C)c1CC. The zero-order valence-corrected chi connectivity index (χ0v) is 14.1. The summed E-state index contributed by atoms with van der Waals surface area (Å²) in [5.74, 6) is 1.99. The first kappa shape index (κ1) is 16.2. The maximum absolute atomic E-state index is 4.86. The molecule has 1 aromatic rings. The second-order valence-corrected chi connectivity index (χ2v) is 6.03. The molecule has 1 unspecified atom stereocenters. The molecule has 1 saturated heterocycles. The molecule has 118 valence electrons. The molecule has 1 fully saturated rings. The minimum atomic E-state index is 0.288. The highest BCUT2D eigenvalue weighted by molar-refractivity contribution is 5.46. The topological polar surface area (TPSA) is 44.3 Å². The summed E-state index contributed by atoms with van der Waals surface area (Å²) in [6.07, 6.45) is 2.08. The Bertz CT molecular complexity index is 474. The van der Waals surface area contributed by atoms with Crippen LogP contribution in [0.1, 0.15) is 43.4 Å². The minimum Gasteiger partial charge on any atom is -0.370 e. The number of aromatic nitrogens is 2. The zero-order chi connectivity index (χ0) is 15.4. The summed E-state index contributed by atoms with van der Waals surface area (Å²) in [6, 6.07) is 0.288. The summed E-state index contributed by atoms with van der Waals surface area (Å²) >= 11 is 0. The van der Waals surface area contributed by atoms with Crippen molar-refractivity contribution in [3.05, 3.63) is 17.1 Å². The number of hydrogen-bond donors (Lipinski definition) is 1. The molecule has 0 amide bonds. The van der Waals surface area contributed by atoms with Crippen LogP contribution in [0, 0.1) is 6.92 Å². The van der Waals surface area contributed by atoms with E-state index in [0.717, 1.165) is 56.4 Å². The Morgan fingerprint density at radius 2 is 1.95 bits per heavy atom. The van der Waals surface area contributed by atoms with Crippen molar-refractivity contribution < 1.29 is 0 Å².